The van der Waals surface area contributed by atoms with Crippen LogP contribution in [0.2, 0.25) is 0 Å². The van der Waals surface area contributed by atoms with Crippen LogP contribution in [0.1, 0.15) is 6.92 Å². The van der Waals surface area contributed by atoms with Crippen molar-refractivity contribution in [2.75, 3.05) is 39.7 Å². The molecule has 7 nitrogen and oxygen atoms in total. The van der Waals surface area contributed by atoms with Crippen LogP contribution in [-0.2, 0) is 19.6 Å². The van der Waals surface area contributed by atoms with Crippen LogP contribution in [0, 0.1) is 0 Å². The number of sulfonamides is 1. The summed E-state index contributed by atoms with van der Waals surface area (Å²) in [4.78, 5) is 11.2. The second-order valence-corrected chi connectivity index (χ2v) is 6.43. The molecule has 0 aliphatic rings. The minimum absolute atomic E-state index is 0.0456. The number of rotatable bonds is 7. The first-order valence-corrected chi connectivity index (χ1v) is 7.77. The fourth-order valence-electron chi connectivity index (χ4n) is 1.54. The lowest BCUT2D eigenvalue weighted by Gasteiger charge is -2.16. The lowest BCUT2D eigenvalue weighted by molar-refractivity contribution is -0.138. The lowest BCUT2D eigenvalue weighted by atomic mass is 10.3. The first-order chi connectivity index (χ1) is 9.82. The highest BCUT2D eigenvalue weighted by Crippen LogP contribution is 2.29. The molecule has 0 aromatic heterocycles. The molecule has 0 saturated carbocycles. The van der Waals surface area contributed by atoms with Gasteiger partial charge in [-0.05, 0) is 25.1 Å². The Labute approximate surface area is 124 Å². The van der Waals surface area contributed by atoms with Crippen molar-refractivity contribution in [1.29, 1.82) is 0 Å². The molecule has 21 heavy (non-hydrogen) atoms. The van der Waals surface area contributed by atoms with E-state index >= 15 is 0 Å². The molecule has 0 aliphatic carbocycles. The highest BCUT2D eigenvalue weighted by atomic mass is 32.2. The first-order valence-electron chi connectivity index (χ1n) is 6.33. The average molecular weight is 316 g/mol. The largest absolute Gasteiger partial charge is 0.492 e. The molecule has 0 unspecified atom stereocenters. The zero-order valence-electron chi connectivity index (χ0n) is 12.5. The third-order valence-corrected chi connectivity index (χ3v) is 4.50. The molecule has 1 aromatic rings. The monoisotopic (exact) mass is 316 g/mol. The maximum atomic E-state index is 12.3. The summed E-state index contributed by atoms with van der Waals surface area (Å²) in [6, 6.07) is 4.63. The van der Waals surface area contributed by atoms with Gasteiger partial charge in [-0.25, -0.2) is 12.7 Å². The maximum absolute atomic E-state index is 12.3. The Balaban J connectivity index is 3.15. The average Bonchev–Trinajstić information content (AvgIpc) is 2.45. The number of benzene rings is 1. The van der Waals surface area contributed by atoms with E-state index in [1.807, 2.05) is 0 Å². The third kappa shape index (κ3) is 4.33. The van der Waals surface area contributed by atoms with Gasteiger partial charge in [0.15, 0.2) is 0 Å². The summed E-state index contributed by atoms with van der Waals surface area (Å²) < 4.78 is 35.6. The van der Waals surface area contributed by atoms with Gasteiger partial charge in [-0.2, -0.15) is 0 Å². The van der Waals surface area contributed by atoms with Crippen LogP contribution in [0.4, 0.5) is 5.69 Å². The predicted octanol–water partition coefficient (Wildman–Crippen LogP) is 0.920. The highest BCUT2D eigenvalue weighted by molar-refractivity contribution is 7.89. The summed E-state index contributed by atoms with van der Waals surface area (Å²) in [5.41, 5.74) is 0.490. The van der Waals surface area contributed by atoms with Crippen LogP contribution in [0.25, 0.3) is 0 Å². The van der Waals surface area contributed by atoms with Crippen molar-refractivity contribution in [3.8, 4) is 5.75 Å². The van der Waals surface area contributed by atoms with Gasteiger partial charge in [0.2, 0.25) is 10.0 Å². The zero-order chi connectivity index (χ0) is 16.0. The van der Waals surface area contributed by atoms with E-state index in [1.54, 1.807) is 19.1 Å². The third-order valence-electron chi connectivity index (χ3n) is 2.67. The molecule has 0 heterocycles. The van der Waals surface area contributed by atoms with E-state index in [-0.39, 0.29) is 17.2 Å². The van der Waals surface area contributed by atoms with Crippen LogP contribution < -0.4 is 10.1 Å². The Morgan fingerprint density at radius 2 is 2.00 bits per heavy atom. The molecule has 8 heteroatoms. The molecule has 0 aliphatic heterocycles. The molecule has 1 N–H and O–H groups in total. The molecule has 0 radical (unpaired) electrons. The minimum atomic E-state index is -3.64. The Hall–Kier alpha value is -1.80. The SMILES string of the molecule is CCOc1ccc(NCC(=O)OC)cc1S(=O)(=O)N(C)C. The van der Waals surface area contributed by atoms with E-state index in [2.05, 4.69) is 10.1 Å². The molecule has 118 valence electrons. The topological polar surface area (TPSA) is 84.9 Å². The van der Waals surface area contributed by atoms with Gasteiger partial charge in [0.25, 0.3) is 0 Å². The van der Waals surface area contributed by atoms with Crippen LogP contribution in [0.3, 0.4) is 0 Å². The quantitative estimate of drug-likeness (QED) is 0.753. The van der Waals surface area contributed by atoms with Gasteiger partial charge in [0.1, 0.15) is 17.2 Å². The van der Waals surface area contributed by atoms with Gasteiger partial charge in [-0.15, -0.1) is 0 Å². The van der Waals surface area contributed by atoms with Crippen molar-refractivity contribution in [3.05, 3.63) is 18.2 Å². The van der Waals surface area contributed by atoms with Crippen molar-refractivity contribution in [2.24, 2.45) is 0 Å². The van der Waals surface area contributed by atoms with Crippen LogP contribution in [0.5, 0.6) is 5.75 Å². The van der Waals surface area contributed by atoms with Crippen molar-refractivity contribution in [3.63, 3.8) is 0 Å². The Kier molecular flexibility index (Phi) is 5.98. The number of nitrogens with one attached hydrogen (secondary N) is 1. The van der Waals surface area contributed by atoms with E-state index in [4.69, 9.17) is 4.74 Å². The second kappa shape index (κ2) is 7.28. The van der Waals surface area contributed by atoms with Gasteiger partial charge < -0.3 is 14.8 Å². The molecular weight excluding hydrogens is 296 g/mol. The summed E-state index contributed by atoms with van der Waals surface area (Å²) in [6.07, 6.45) is 0. The van der Waals surface area contributed by atoms with E-state index in [0.29, 0.717) is 12.3 Å². The summed E-state index contributed by atoms with van der Waals surface area (Å²) >= 11 is 0. The smallest absolute Gasteiger partial charge is 0.325 e. The Morgan fingerprint density at radius 3 is 2.52 bits per heavy atom. The molecular formula is C13H20N2O5S. The van der Waals surface area contributed by atoms with Crippen LogP contribution >= 0.6 is 0 Å². The van der Waals surface area contributed by atoms with Crippen molar-refractivity contribution in [2.45, 2.75) is 11.8 Å². The predicted molar refractivity (Wildman–Crippen MR) is 79.0 cm³/mol. The fraction of sp³-hybridized carbons (Fsp3) is 0.462. The number of nitrogens with zero attached hydrogens (tertiary/aromatic N) is 1. The number of ether oxygens (including phenoxy) is 2. The van der Waals surface area contributed by atoms with Gasteiger partial charge in [-0.1, -0.05) is 0 Å². The number of carbonyl (C=O) groups is 1. The Bertz CT molecular complexity index is 599. The normalized spacial score (nSPS) is 11.3. The second-order valence-electron chi connectivity index (χ2n) is 4.31. The zero-order valence-corrected chi connectivity index (χ0v) is 13.4. The van der Waals surface area contributed by atoms with E-state index < -0.39 is 16.0 Å². The number of methoxy groups -OCH3 is 1. The molecule has 1 rings (SSSR count). The van der Waals surface area contributed by atoms with Crippen molar-refractivity contribution in [1.82, 2.24) is 4.31 Å². The Morgan fingerprint density at radius 1 is 1.33 bits per heavy atom. The van der Waals surface area contributed by atoms with E-state index in [9.17, 15) is 13.2 Å². The van der Waals surface area contributed by atoms with E-state index in [1.165, 1.54) is 27.3 Å². The fourth-order valence-corrected chi connectivity index (χ4v) is 2.59. The molecule has 1 aromatic carbocycles. The number of esters is 1. The number of anilines is 1. The van der Waals surface area contributed by atoms with Crippen molar-refractivity contribution < 1.29 is 22.7 Å². The summed E-state index contributed by atoms with van der Waals surface area (Å²) in [7, 11) is 0.526. The molecule has 0 spiro atoms. The molecule has 0 atom stereocenters. The van der Waals surface area contributed by atoms with Crippen molar-refractivity contribution >= 4 is 21.7 Å². The number of carbonyl (C=O) groups excluding carboxylic acids is 1. The summed E-state index contributed by atoms with van der Waals surface area (Å²) in [5.74, 6) is -0.171. The number of hydrogen-bond acceptors (Lipinski definition) is 6. The van der Waals surface area contributed by atoms with Crippen LogP contribution in [-0.4, -0.2) is 53.0 Å². The lowest BCUT2D eigenvalue weighted by Crippen LogP contribution is -2.23. The van der Waals surface area contributed by atoms with E-state index in [0.717, 1.165) is 4.31 Å². The maximum Gasteiger partial charge on any atom is 0.325 e. The molecule has 0 bridgehead atoms. The first kappa shape index (κ1) is 17.3. The summed E-state index contributed by atoms with van der Waals surface area (Å²) in [5, 5.41) is 2.80. The van der Waals surface area contributed by atoms with Gasteiger partial charge in [0.05, 0.1) is 13.7 Å². The summed E-state index contributed by atoms with van der Waals surface area (Å²) in [6.45, 7) is 2.08. The molecule has 0 saturated heterocycles. The van der Waals surface area contributed by atoms with Crippen LogP contribution in [0.15, 0.2) is 23.1 Å². The molecule has 0 fully saturated rings. The van der Waals surface area contributed by atoms with Gasteiger partial charge >= 0.3 is 5.97 Å². The van der Waals surface area contributed by atoms with Gasteiger partial charge in [0, 0.05) is 19.8 Å². The minimum Gasteiger partial charge on any atom is -0.492 e. The van der Waals surface area contributed by atoms with Gasteiger partial charge in [-0.3, -0.25) is 4.79 Å². The number of hydrogen-bond donors (Lipinski definition) is 1. The standard InChI is InChI=1S/C13H20N2O5S/c1-5-20-11-7-6-10(14-9-13(16)19-4)8-12(11)21(17,18)15(2)3/h6-8,14H,5,9H2,1-4H3. The highest BCUT2D eigenvalue weighted by Gasteiger charge is 2.23. The molecule has 0 amide bonds.